The van der Waals surface area contributed by atoms with E-state index < -0.39 is 6.10 Å². The van der Waals surface area contributed by atoms with Crippen molar-refractivity contribution in [2.45, 2.75) is 31.8 Å². The van der Waals surface area contributed by atoms with Crippen LogP contribution < -0.4 is 0 Å². The van der Waals surface area contributed by atoms with Gasteiger partial charge >= 0.3 is 0 Å². The number of rotatable bonds is 5. The molecule has 1 aromatic rings. The summed E-state index contributed by atoms with van der Waals surface area (Å²) in [6, 6.07) is 6.62. The summed E-state index contributed by atoms with van der Waals surface area (Å²) in [5.41, 5.74) is 0.734. The Hall–Kier alpha value is -1.42. The molecule has 0 saturated heterocycles. The Bertz CT molecular complexity index is 388. The summed E-state index contributed by atoms with van der Waals surface area (Å²) in [5, 5.41) is 20.6. The Kier molecular flexibility index (Phi) is 3.19. The number of aliphatic hydroxyl groups is 1. The van der Waals surface area contributed by atoms with Crippen molar-refractivity contribution >= 4 is 5.69 Å². The first kappa shape index (κ1) is 11.1. The Morgan fingerprint density at radius 2 is 2.12 bits per heavy atom. The van der Waals surface area contributed by atoms with E-state index in [0.29, 0.717) is 17.9 Å². The molecule has 0 aliphatic heterocycles. The molecule has 86 valence electrons. The van der Waals surface area contributed by atoms with Crippen LogP contribution in [0.25, 0.3) is 0 Å². The maximum atomic E-state index is 10.8. The molecule has 1 aliphatic rings. The molecule has 0 radical (unpaired) electrons. The lowest BCUT2D eigenvalue weighted by Crippen LogP contribution is -2.12. The van der Waals surface area contributed by atoms with Gasteiger partial charge in [0.05, 0.1) is 11.0 Å². The second-order valence-corrected chi connectivity index (χ2v) is 4.42. The van der Waals surface area contributed by atoms with Crippen LogP contribution in [0, 0.1) is 16.0 Å². The minimum atomic E-state index is -0.450. The fourth-order valence-corrected chi connectivity index (χ4v) is 1.94. The first-order valence-electron chi connectivity index (χ1n) is 5.57. The van der Waals surface area contributed by atoms with Crippen LogP contribution >= 0.6 is 0 Å². The van der Waals surface area contributed by atoms with Crippen LogP contribution in [-0.2, 0) is 6.42 Å². The first-order chi connectivity index (χ1) is 7.66. The van der Waals surface area contributed by atoms with E-state index in [2.05, 4.69) is 0 Å². The molecule has 1 N–H and O–H groups in total. The lowest BCUT2D eigenvalue weighted by atomic mass is 10.0. The zero-order valence-corrected chi connectivity index (χ0v) is 9.00. The highest BCUT2D eigenvalue weighted by molar-refractivity contribution is 5.40. The van der Waals surface area contributed by atoms with E-state index in [1.54, 1.807) is 18.2 Å². The molecule has 0 aromatic heterocycles. The van der Waals surface area contributed by atoms with Gasteiger partial charge in [-0.25, -0.2) is 0 Å². The molecular formula is C12H15NO3. The molecule has 0 heterocycles. The topological polar surface area (TPSA) is 63.4 Å². The highest BCUT2D eigenvalue weighted by Crippen LogP contribution is 2.34. The standard InChI is InChI=1S/C12H15NO3/c14-11(7-9-5-6-9)8-10-3-1-2-4-12(10)13(15)16/h1-4,9,11,14H,5-8H2. The predicted octanol–water partition coefficient (Wildman–Crippen LogP) is 2.30. The molecule has 1 unspecified atom stereocenters. The van der Waals surface area contributed by atoms with Crippen LogP contribution in [0.3, 0.4) is 0 Å². The van der Waals surface area contributed by atoms with Crippen molar-refractivity contribution in [1.82, 2.24) is 0 Å². The van der Waals surface area contributed by atoms with E-state index in [0.717, 1.165) is 6.42 Å². The summed E-state index contributed by atoms with van der Waals surface area (Å²) in [7, 11) is 0. The van der Waals surface area contributed by atoms with Gasteiger partial charge in [-0.2, -0.15) is 0 Å². The average molecular weight is 221 g/mol. The van der Waals surface area contributed by atoms with E-state index in [4.69, 9.17) is 0 Å². The molecule has 1 saturated carbocycles. The van der Waals surface area contributed by atoms with Crippen LogP contribution in [0.1, 0.15) is 24.8 Å². The van der Waals surface area contributed by atoms with Crippen molar-refractivity contribution in [3.63, 3.8) is 0 Å². The van der Waals surface area contributed by atoms with Crippen molar-refractivity contribution in [2.75, 3.05) is 0 Å². The second kappa shape index (κ2) is 4.61. The van der Waals surface area contributed by atoms with Crippen molar-refractivity contribution in [2.24, 2.45) is 5.92 Å². The summed E-state index contributed by atoms with van der Waals surface area (Å²) in [5.74, 6) is 0.637. The summed E-state index contributed by atoms with van der Waals surface area (Å²) < 4.78 is 0. The number of hydrogen-bond acceptors (Lipinski definition) is 3. The number of benzene rings is 1. The molecule has 4 heteroatoms. The monoisotopic (exact) mass is 221 g/mol. The largest absolute Gasteiger partial charge is 0.393 e. The molecule has 0 amide bonds. The van der Waals surface area contributed by atoms with Crippen LogP contribution in [0.4, 0.5) is 5.69 Å². The highest BCUT2D eigenvalue weighted by atomic mass is 16.6. The Balaban J connectivity index is 2.04. The smallest absolute Gasteiger partial charge is 0.272 e. The minimum absolute atomic E-state index is 0.109. The third kappa shape index (κ3) is 2.79. The molecule has 0 bridgehead atoms. The van der Waals surface area contributed by atoms with Crippen molar-refractivity contribution in [3.05, 3.63) is 39.9 Å². The van der Waals surface area contributed by atoms with Crippen LogP contribution in [-0.4, -0.2) is 16.1 Å². The number of nitro benzene ring substituents is 1. The Labute approximate surface area is 94.1 Å². The van der Waals surface area contributed by atoms with Gasteiger partial charge in [0.25, 0.3) is 5.69 Å². The van der Waals surface area contributed by atoms with E-state index >= 15 is 0 Å². The van der Waals surface area contributed by atoms with Gasteiger partial charge in [0.15, 0.2) is 0 Å². The third-order valence-electron chi connectivity index (χ3n) is 2.95. The molecular weight excluding hydrogens is 206 g/mol. The minimum Gasteiger partial charge on any atom is -0.393 e. The molecule has 16 heavy (non-hydrogen) atoms. The van der Waals surface area contributed by atoms with Gasteiger partial charge < -0.3 is 5.11 Å². The summed E-state index contributed by atoms with van der Waals surface area (Å²) in [6.45, 7) is 0. The zero-order valence-electron chi connectivity index (χ0n) is 9.00. The molecule has 4 nitrogen and oxygen atoms in total. The fraction of sp³-hybridized carbons (Fsp3) is 0.500. The molecule has 2 rings (SSSR count). The van der Waals surface area contributed by atoms with E-state index in [1.165, 1.54) is 18.9 Å². The molecule has 1 aliphatic carbocycles. The maximum absolute atomic E-state index is 10.8. The number of para-hydroxylation sites is 1. The third-order valence-corrected chi connectivity index (χ3v) is 2.95. The van der Waals surface area contributed by atoms with Gasteiger partial charge in [0.1, 0.15) is 0 Å². The average Bonchev–Trinajstić information content (AvgIpc) is 3.02. The quantitative estimate of drug-likeness (QED) is 0.613. The Morgan fingerprint density at radius 1 is 1.44 bits per heavy atom. The van der Waals surface area contributed by atoms with E-state index in [-0.39, 0.29) is 10.6 Å². The predicted molar refractivity (Wildman–Crippen MR) is 60.1 cm³/mol. The van der Waals surface area contributed by atoms with Crippen molar-refractivity contribution in [3.8, 4) is 0 Å². The zero-order chi connectivity index (χ0) is 11.5. The SMILES string of the molecule is O=[N+]([O-])c1ccccc1CC(O)CC1CC1. The number of nitro groups is 1. The van der Waals surface area contributed by atoms with Gasteiger partial charge in [0, 0.05) is 18.1 Å². The molecule has 1 fully saturated rings. The summed E-state index contributed by atoms with van der Waals surface area (Å²) >= 11 is 0. The van der Waals surface area contributed by atoms with Gasteiger partial charge in [0.2, 0.25) is 0 Å². The van der Waals surface area contributed by atoms with E-state index in [1.807, 2.05) is 0 Å². The van der Waals surface area contributed by atoms with Gasteiger partial charge in [-0.05, 0) is 12.3 Å². The maximum Gasteiger partial charge on any atom is 0.272 e. The Morgan fingerprint density at radius 3 is 2.75 bits per heavy atom. The van der Waals surface area contributed by atoms with Gasteiger partial charge in [-0.3, -0.25) is 10.1 Å². The number of aliphatic hydroxyl groups excluding tert-OH is 1. The van der Waals surface area contributed by atoms with Crippen molar-refractivity contribution < 1.29 is 10.0 Å². The summed E-state index contributed by atoms with van der Waals surface area (Å²) in [6.07, 6.45) is 3.08. The van der Waals surface area contributed by atoms with Crippen LogP contribution in [0.2, 0.25) is 0 Å². The second-order valence-electron chi connectivity index (χ2n) is 4.42. The van der Waals surface area contributed by atoms with Crippen molar-refractivity contribution in [1.29, 1.82) is 0 Å². The molecule has 1 atom stereocenters. The fourth-order valence-electron chi connectivity index (χ4n) is 1.94. The van der Waals surface area contributed by atoms with E-state index in [9.17, 15) is 15.2 Å². The molecule has 0 spiro atoms. The normalized spacial score (nSPS) is 17.1. The lowest BCUT2D eigenvalue weighted by molar-refractivity contribution is -0.385. The highest BCUT2D eigenvalue weighted by Gasteiger charge is 2.25. The van der Waals surface area contributed by atoms with Gasteiger partial charge in [-0.1, -0.05) is 31.0 Å². The van der Waals surface area contributed by atoms with Crippen LogP contribution in [0.15, 0.2) is 24.3 Å². The van der Waals surface area contributed by atoms with Gasteiger partial charge in [-0.15, -0.1) is 0 Å². The first-order valence-corrected chi connectivity index (χ1v) is 5.57. The number of nitrogens with zero attached hydrogens (tertiary/aromatic N) is 1. The lowest BCUT2D eigenvalue weighted by Gasteiger charge is -2.09. The molecule has 1 aromatic carbocycles. The number of hydrogen-bond donors (Lipinski definition) is 1. The summed E-state index contributed by atoms with van der Waals surface area (Å²) in [4.78, 5) is 10.4. The van der Waals surface area contributed by atoms with Crippen LogP contribution in [0.5, 0.6) is 0 Å².